The normalized spacial score (nSPS) is 11.2. The Morgan fingerprint density at radius 2 is 1.67 bits per heavy atom. The monoisotopic (exact) mass is 293 g/mol. The molecule has 0 saturated carbocycles. The van der Waals surface area contributed by atoms with Crippen molar-refractivity contribution < 1.29 is 27.9 Å². The average molecular weight is 293 g/mol. The molecule has 21 heavy (non-hydrogen) atoms. The molecule has 0 aliphatic rings. The lowest BCUT2D eigenvalue weighted by Gasteiger charge is -2.11. The van der Waals surface area contributed by atoms with Gasteiger partial charge in [0.05, 0.1) is 11.5 Å². The number of alkyl halides is 3. The standard InChI is InChI=1S/C15H9F3O3/c16-15(17,18)12-6-5-11(8-19)13(7-12)9-1-3-10(4-2-9)14(20)21/h1-8H,(H,20,21)/p-1. The van der Waals surface area contributed by atoms with Crippen LogP contribution in [0.3, 0.4) is 0 Å². The number of halogens is 3. The van der Waals surface area contributed by atoms with E-state index >= 15 is 0 Å². The Morgan fingerprint density at radius 3 is 2.14 bits per heavy atom. The van der Waals surface area contributed by atoms with E-state index in [2.05, 4.69) is 0 Å². The Hall–Kier alpha value is -2.63. The second-order valence-electron chi connectivity index (χ2n) is 4.28. The zero-order valence-corrected chi connectivity index (χ0v) is 10.5. The highest BCUT2D eigenvalue weighted by Gasteiger charge is 2.31. The Morgan fingerprint density at radius 1 is 1.05 bits per heavy atom. The number of aromatic carboxylic acids is 1. The molecule has 0 aromatic heterocycles. The molecule has 0 bridgehead atoms. The lowest BCUT2D eigenvalue weighted by molar-refractivity contribution is -0.255. The molecule has 0 atom stereocenters. The van der Waals surface area contributed by atoms with E-state index in [1.165, 1.54) is 24.3 Å². The van der Waals surface area contributed by atoms with E-state index in [9.17, 15) is 27.9 Å². The fourth-order valence-electron chi connectivity index (χ4n) is 1.87. The maximum atomic E-state index is 12.7. The van der Waals surface area contributed by atoms with Crippen molar-refractivity contribution >= 4 is 12.3 Å². The van der Waals surface area contributed by atoms with Crippen molar-refractivity contribution in [1.82, 2.24) is 0 Å². The van der Waals surface area contributed by atoms with Gasteiger partial charge in [-0.2, -0.15) is 13.2 Å². The molecular formula is C15H8F3O3-. The molecule has 0 spiro atoms. The highest BCUT2D eigenvalue weighted by molar-refractivity contribution is 5.90. The van der Waals surface area contributed by atoms with Crippen molar-refractivity contribution in [1.29, 1.82) is 0 Å². The van der Waals surface area contributed by atoms with Crippen LogP contribution in [0.4, 0.5) is 13.2 Å². The van der Waals surface area contributed by atoms with E-state index < -0.39 is 17.7 Å². The molecule has 2 aromatic rings. The molecule has 108 valence electrons. The molecule has 0 fully saturated rings. The summed E-state index contributed by atoms with van der Waals surface area (Å²) in [7, 11) is 0. The van der Waals surface area contributed by atoms with Crippen molar-refractivity contribution in [2.45, 2.75) is 6.18 Å². The lowest BCUT2D eigenvalue weighted by atomic mass is 9.97. The summed E-state index contributed by atoms with van der Waals surface area (Å²) < 4.78 is 38.1. The number of hydrogen-bond donors (Lipinski definition) is 0. The number of rotatable bonds is 3. The molecule has 0 N–H and O–H groups in total. The van der Waals surface area contributed by atoms with Crippen molar-refractivity contribution in [2.24, 2.45) is 0 Å². The van der Waals surface area contributed by atoms with Gasteiger partial charge in [-0.05, 0) is 28.8 Å². The van der Waals surface area contributed by atoms with E-state index in [4.69, 9.17) is 0 Å². The quantitative estimate of drug-likeness (QED) is 0.817. The summed E-state index contributed by atoms with van der Waals surface area (Å²) in [4.78, 5) is 21.6. The van der Waals surface area contributed by atoms with Crippen LogP contribution < -0.4 is 5.11 Å². The number of hydrogen-bond acceptors (Lipinski definition) is 3. The van der Waals surface area contributed by atoms with Gasteiger partial charge in [0.2, 0.25) is 0 Å². The van der Waals surface area contributed by atoms with Crippen molar-refractivity contribution in [3.05, 3.63) is 59.2 Å². The van der Waals surface area contributed by atoms with Crippen LogP contribution in [0, 0.1) is 0 Å². The molecular weight excluding hydrogens is 285 g/mol. The average Bonchev–Trinajstić information content (AvgIpc) is 2.45. The fraction of sp³-hybridized carbons (Fsp3) is 0.0667. The number of carbonyl (C=O) groups excluding carboxylic acids is 2. The number of carbonyl (C=O) groups is 2. The fourth-order valence-corrected chi connectivity index (χ4v) is 1.87. The largest absolute Gasteiger partial charge is 0.545 e. The van der Waals surface area contributed by atoms with Gasteiger partial charge in [-0.1, -0.05) is 30.3 Å². The molecule has 0 radical (unpaired) electrons. The Balaban J connectivity index is 2.55. The molecule has 0 aliphatic carbocycles. The lowest BCUT2D eigenvalue weighted by Crippen LogP contribution is -2.21. The van der Waals surface area contributed by atoms with Crippen LogP contribution >= 0.6 is 0 Å². The molecule has 6 heteroatoms. The Kier molecular flexibility index (Phi) is 3.80. The first-order valence-corrected chi connectivity index (χ1v) is 5.81. The van der Waals surface area contributed by atoms with Gasteiger partial charge in [0.1, 0.15) is 0 Å². The highest BCUT2D eigenvalue weighted by atomic mass is 19.4. The minimum Gasteiger partial charge on any atom is -0.545 e. The van der Waals surface area contributed by atoms with Crippen molar-refractivity contribution in [2.75, 3.05) is 0 Å². The maximum Gasteiger partial charge on any atom is 0.416 e. The van der Waals surface area contributed by atoms with Crippen molar-refractivity contribution in [3.8, 4) is 11.1 Å². The summed E-state index contributed by atoms with van der Waals surface area (Å²) in [6, 6.07) is 7.83. The zero-order valence-electron chi connectivity index (χ0n) is 10.5. The van der Waals surface area contributed by atoms with Gasteiger partial charge in [-0.25, -0.2) is 0 Å². The van der Waals surface area contributed by atoms with Gasteiger partial charge in [-0.3, -0.25) is 4.79 Å². The Bertz CT molecular complexity index is 688. The van der Waals surface area contributed by atoms with Crippen LogP contribution in [0.5, 0.6) is 0 Å². The summed E-state index contributed by atoms with van der Waals surface area (Å²) in [5.74, 6) is -1.39. The first-order chi connectivity index (χ1) is 9.82. The minimum absolute atomic E-state index is 0.0872. The third-order valence-corrected chi connectivity index (χ3v) is 2.94. The third kappa shape index (κ3) is 3.10. The third-order valence-electron chi connectivity index (χ3n) is 2.94. The molecule has 2 aromatic carbocycles. The van der Waals surface area contributed by atoms with Crippen LogP contribution in [0.25, 0.3) is 11.1 Å². The SMILES string of the molecule is O=Cc1ccc(C(F)(F)F)cc1-c1ccc(C(=O)[O-])cc1. The summed E-state index contributed by atoms with van der Waals surface area (Å²) in [5, 5.41) is 10.6. The molecule has 0 saturated heterocycles. The predicted octanol–water partition coefficient (Wildman–Crippen LogP) is 2.55. The van der Waals surface area contributed by atoms with Gasteiger partial charge in [-0.15, -0.1) is 0 Å². The molecule has 3 nitrogen and oxygen atoms in total. The van der Waals surface area contributed by atoms with Gasteiger partial charge in [0.15, 0.2) is 6.29 Å². The smallest absolute Gasteiger partial charge is 0.416 e. The van der Waals surface area contributed by atoms with Crippen LogP contribution in [-0.4, -0.2) is 12.3 Å². The van der Waals surface area contributed by atoms with Crippen molar-refractivity contribution in [3.63, 3.8) is 0 Å². The maximum absolute atomic E-state index is 12.7. The summed E-state index contributed by atoms with van der Waals surface area (Å²) in [5.41, 5.74) is -0.493. The molecule has 0 heterocycles. The highest BCUT2D eigenvalue weighted by Crippen LogP contribution is 2.33. The van der Waals surface area contributed by atoms with E-state index in [0.717, 1.165) is 18.2 Å². The molecule has 0 unspecified atom stereocenters. The van der Waals surface area contributed by atoms with Crippen LogP contribution in [0.15, 0.2) is 42.5 Å². The second-order valence-corrected chi connectivity index (χ2v) is 4.28. The number of aldehydes is 1. The molecule has 0 amide bonds. The summed E-state index contributed by atoms with van der Waals surface area (Å²) in [6.07, 6.45) is -4.08. The van der Waals surface area contributed by atoms with Crippen LogP contribution in [-0.2, 0) is 6.18 Å². The summed E-state index contributed by atoms with van der Waals surface area (Å²) in [6.45, 7) is 0. The van der Waals surface area contributed by atoms with Gasteiger partial charge in [0.25, 0.3) is 0 Å². The van der Waals surface area contributed by atoms with Gasteiger partial charge < -0.3 is 9.90 Å². The number of carboxylic acids is 1. The first-order valence-electron chi connectivity index (χ1n) is 5.81. The predicted molar refractivity (Wildman–Crippen MR) is 66.6 cm³/mol. The zero-order chi connectivity index (χ0) is 15.6. The van der Waals surface area contributed by atoms with Gasteiger partial charge in [0, 0.05) is 5.56 Å². The van der Waals surface area contributed by atoms with Crippen LogP contribution in [0.1, 0.15) is 26.3 Å². The molecule has 2 rings (SSSR count). The van der Waals surface area contributed by atoms with E-state index in [0.29, 0.717) is 11.8 Å². The van der Waals surface area contributed by atoms with E-state index in [1.54, 1.807) is 0 Å². The number of benzene rings is 2. The van der Waals surface area contributed by atoms with Gasteiger partial charge >= 0.3 is 6.18 Å². The Labute approximate surface area is 117 Å². The topological polar surface area (TPSA) is 57.2 Å². The minimum atomic E-state index is -4.53. The van der Waals surface area contributed by atoms with Crippen LogP contribution in [0.2, 0.25) is 0 Å². The van der Waals surface area contributed by atoms with E-state index in [-0.39, 0.29) is 16.7 Å². The molecule has 0 aliphatic heterocycles. The first kappa shape index (κ1) is 14.8. The second kappa shape index (κ2) is 5.40. The summed E-state index contributed by atoms with van der Waals surface area (Å²) >= 11 is 0. The van der Waals surface area contributed by atoms with E-state index in [1.807, 2.05) is 0 Å². The number of carboxylic acid groups (broad SMARTS) is 1.